The van der Waals surface area contributed by atoms with Crippen molar-refractivity contribution in [1.82, 2.24) is 0 Å². The molecule has 4 N–H and O–H groups in total. The maximum absolute atomic E-state index is 10.3. The Morgan fingerprint density at radius 2 is 2.27 bits per heavy atom. The fourth-order valence-corrected chi connectivity index (χ4v) is 1.51. The zero-order chi connectivity index (χ0) is 8.27. The first-order valence-electron chi connectivity index (χ1n) is 3.88. The van der Waals surface area contributed by atoms with Crippen LogP contribution in [0.2, 0.25) is 0 Å². The van der Waals surface area contributed by atoms with Gasteiger partial charge in [-0.1, -0.05) is 0 Å². The third kappa shape index (κ3) is 2.38. The van der Waals surface area contributed by atoms with Crippen molar-refractivity contribution in [2.75, 3.05) is 6.54 Å². The largest absolute Gasteiger partial charge is 0.446 e. The highest BCUT2D eigenvalue weighted by Crippen LogP contribution is 2.26. The van der Waals surface area contributed by atoms with Gasteiger partial charge in [0.15, 0.2) is 0 Å². The summed E-state index contributed by atoms with van der Waals surface area (Å²) in [6, 6.07) is 0. The van der Waals surface area contributed by atoms with Crippen LogP contribution in [-0.4, -0.2) is 18.7 Å². The number of nitrogens with two attached hydrogens (primary N) is 2. The zero-order valence-corrected chi connectivity index (χ0v) is 6.45. The van der Waals surface area contributed by atoms with Crippen LogP contribution in [0.4, 0.5) is 4.79 Å². The first-order valence-corrected chi connectivity index (χ1v) is 3.88. The molecule has 1 fully saturated rings. The molecular weight excluding hydrogens is 144 g/mol. The molecule has 0 aromatic carbocycles. The Morgan fingerprint density at radius 3 is 2.73 bits per heavy atom. The Morgan fingerprint density at radius 1 is 1.55 bits per heavy atom. The summed E-state index contributed by atoms with van der Waals surface area (Å²) in [6.07, 6.45) is 2.17. The van der Waals surface area contributed by atoms with Gasteiger partial charge in [0.05, 0.1) is 0 Å². The van der Waals surface area contributed by atoms with Gasteiger partial charge in [-0.15, -0.1) is 0 Å². The lowest BCUT2D eigenvalue weighted by molar-refractivity contribution is 0.108. The molecule has 1 aliphatic rings. The number of primary amides is 1. The summed E-state index contributed by atoms with van der Waals surface area (Å²) in [5.41, 5.74) is 10.3. The molecule has 0 aromatic heterocycles. The predicted octanol–water partition coefficient (Wildman–Crippen LogP) is 0.209. The molecule has 1 saturated carbocycles. The molecule has 11 heavy (non-hydrogen) atoms. The van der Waals surface area contributed by atoms with Gasteiger partial charge in [0.1, 0.15) is 6.10 Å². The zero-order valence-electron chi connectivity index (χ0n) is 6.45. The van der Waals surface area contributed by atoms with Crippen LogP contribution < -0.4 is 11.5 Å². The first kappa shape index (κ1) is 8.33. The highest BCUT2D eigenvalue weighted by molar-refractivity contribution is 5.64. The summed E-state index contributed by atoms with van der Waals surface area (Å²) in [5, 5.41) is 0. The molecule has 1 aliphatic carbocycles. The monoisotopic (exact) mass is 158 g/mol. The summed E-state index contributed by atoms with van der Waals surface area (Å²) in [4.78, 5) is 10.3. The van der Waals surface area contributed by atoms with Crippen LogP contribution in [0.3, 0.4) is 0 Å². The summed E-state index contributed by atoms with van der Waals surface area (Å²) < 4.78 is 4.83. The minimum absolute atomic E-state index is 0.0149. The second-order valence-electron chi connectivity index (χ2n) is 2.97. The van der Waals surface area contributed by atoms with Crippen LogP contribution in [0.25, 0.3) is 0 Å². The average Bonchev–Trinajstić information content (AvgIpc) is 2.34. The van der Waals surface area contributed by atoms with Crippen LogP contribution in [0.1, 0.15) is 19.3 Å². The van der Waals surface area contributed by atoms with Gasteiger partial charge in [0.25, 0.3) is 0 Å². The normalized spacial score (nSPS) is 30.3. The van der Waals surface area contributed by atoms with E-state index in [0.717, 1.165) is 19.3 Å². The standard InChI is InChI=1S/C7H14N2O2/c8-4-5-1-2-6(3-5)11-7(9)10/h5-6H,1-4,8H2,(H2,9,10). The van der Waals surface area contributed by atoms with E-state index in [4.69, 9.17) is 16.2 Å². The number of hydrogen-bond acceptors (Lipinski definition) is 3. The Labute approximate surface area is 65.9 Å². The fraction of sp³-hybridized carbons (Fsp3) is 0.857. The smallest absolute Gasteiger partial charge is 0.404 e. The lowest BCUT2D eigenvalue weighted by Gasteiger charge is -2.08. The minimum Gasteiger partial charge on any atom is -0.446 e. The number of rotatable bonds is 2. The van der Waals surface area contributed by atoms with Crippen LogP contribution in [0.5, 0.6) is 0 Å². The van der Waals surface area contributed by atoms with Crippen molar-refractivity contribution in [3.05, 3.63) is 0 Å². The van der Waals surface area contributed by atoms with Crippen LogP contribution in [0.15, 0.2) is 0 Å². The Kier molecular flexibility index (Phi) is 2.70. The Bertz CT molecular complexity index is 149. The Hall–Kier alpha value is -0.770. The quantitative estimate of drug-likeness (QED) is 0.603. The lowest BCUT2D eigenvalue weighted by Crippen LogP contribution is -2.21. The Balaban J connectivity index is 2.24. The van der Waals surface area contributed by atoms with E-state index < -0.39 is 6.09 Å². The molecule has 0 bridgehead atoms. The van der Waals surface area contributed by atoms with E-state index in [1.165, 1.54) is 0 Å². The first-order chi connectivity index (χ1) is 5.22. The van der Waals surface area contributed by atoms with Crippen molar-refractivity contribution in [1.29, 1.82) is 0 Å². The molecular formula is C7H14N2O2. The molecule has 1 amide bonds. The predicted molar refractivity (Wildman–Crippen MR) is 40.9 cm³/mol. The van der Waals surface area contributed by atoms with Gasteiger partial charge >= 0.3 is 6.09 Å². The van der Waals surface area contributed by atoms with Crippen LogP contribution in [-0.2, 0) is 4.74 Å². The molecule has 0 spiro atoms. The average molecular weight is 158 g/mol. The molecule has 0 heterocycles. The van der Waals surface area contributed by atoms with Crippen molar-refractivity contribution in [3.8, 4) is 0 Å². The second-order valence-corrected chi connectivity index (χ2v) is 2.97. The maximum atomic E-state index is 10.3. The van der Waals surface area contributed by atoms with E-state index in [1.54, 1.807) is 0 Å². The van der Waals surface area contributed by atoms with Crippen LogP contribution in [0, 0.1) is 5.92 Å². The summed E-state index contributed by atoms with van der Waals surface area (Å²) in [6.45, 7) is 0.679. The molecule has 4 nitrogen and oxygen atoms in total. The molecule has 0 saturated heterocycles. The number of carbonyl (C=O) groups excluding carboxylic acids is 1. The van der Waals surface area contributed by atoms with Gasteiger partial charge in [0.2, 0.25) is 0 Å². The van der Waals surface area contributed by atoms with Gasteiger partial charge in [-0.25, -0.2) is 4.79 Å². The molecule has 2 atom stereocenters. The third-order valence-electron chi connectivity index (χ3n) is 2.11. The SMILES string of the molecule is NCC1CCC(OC(N)=O)C1. The third-order valence-corrected chi connectivity index (χ3v) is 2.11. The van der Waals surface area contributed by atoms with Crippen molar-refractivity contribution in [3.63, 3.8) is 0 Å². The van der Waals surface area contributed by atoms with E-state index in [0.29, 0.717) is 12.5 Å². The fourth-order valence-electron chi connectivity index (χ4n) is 1.51. The van der Waals surface area contributed by atoms with Gasteiger partial charge in [-0.3, -0.25) is 0 Å². The molecule has 4 heteroatoms. The van der Waals surface area contributed by atoms with Gasteiger partial charge in [-0.05, 0) is 31.7 Å². The van der Waals surface area contributed by atoms with Crippen molar-refractivity contribution in [2.45, 2.75) is 25.4 Å². The number of carbonyl (C=O) groups is 1. The molecule has 0 radical (unpaired) electrons. The highest BCUT2D eigenvalue weighted by atomic mass is 16.6. The highest BCUT2D eigenvalue weighted by Gasteiger charge is 2.25. The van der Waals surface area contributed by atoms with E-state index >= 15 is 0 Å². The summed E-state index contributed by atoms with van der Waals surface area (Å²) in [7, 11) is 0. The molecule has 2 unspecified atom stereocenters. The van der Waals surface area contributed by atoms with E-state index in [9.17, 15) is 4.79 Å². The van der Waals surface area contributed by atoms with Gasteiger partial charge < -0.3 is 16.2 Å². The van der Waals surface area contributed by atoms with E-state index in [2.05, 4.69) is 0 Å². The molecule has 0 aromatic rings. The molecule has 64 valence electrons. The van der Waals surface area contributed by atoms with Gasteiger partial charge in [-0.2, -0.15) is 0 Å². The van der Waals surface area contributed by atoms with Crippen molar-refractivity contribution in [2.24, 2.45) is 17.4 Å². The lowest BCUT2D eigenvalue weighted by atomic mass is 10.1. The topological polar surface area (TPSA) is 78.3 Å². The second kappa shape index (κ2) is 3.57. The van der Waals surface area contributed by atoms with E-state index in [1.807, 2.05) is 0 Å². The van der Waals surface area contributed by atoms with Gasteiger partial charge in [0, 0.05) is 0 Å². The number of hydrogen-bond donors (Lipinski definition) is 2. The molecule has 0 aliphatic heterocycles. The van der Waals surface area contributed by atoms with Crippen molar-refractivity contribution < 1.29 is 9.53 Å². The summed E-state index contributed by atoms with van der Waals surface area (Å²) >= 11 is 0. The van der Waals surface area contributed by atoms with Crippen molar-refractivity contribution >= 4 is 6.09 Å². The summed E-state index contributed by atoms with van der Waals surface area (Å²) in [5.74, 6) is 0.513. The molecule has 1 rings (SSSR count). The minimum atomic E-state index is -0.673. The maximum Gasteiger partial charge on any atom is 0.404 e. The van der Waals surface area contributed by atoms with Crippen LogP contribution >= 0.6 is 0 Å². The number of amides is 1. The van der Waals surface area contributed by atoms with E-state index in [-0.39, 0.29) is 6.10 Å². The number of ether oxygens (including phenoxy) is 1.